The van der Waals surface area contributed by atoms with E-state index >= 15 is 0 Å². The molecule has 3 aromatic carbocycles. The van der Waals surface area contributed by atoms with E-state index in [9.17, 15) is 20.1 Å². The van der Waals surface area contributed by atoms with Gasteiger partial charge in [0.2, 0.25) is 0 Å². The normalized spacial score (nSPS) is 18.8. The molecular weight excluding hydrogens is 400 g/mol. The smallest absolute Gasteiger partial charge is 0.317 e. The number of carbonyl (C=O) groups is 2. The third-order valence-corrected chi connectivity index (χ3v) is 5.93. The van der Waals surface area contributed by atoms with Crippen LogP contribution in [0.15, 0.2) is 78.4 Å². The molecule has 3 aromatic rings. The quantitative estimate of drug-likeness (QED) is 0.315. The summed E-state index contributed by atoms with van der Waals surface area (Å²) in [7, 11) is 0. The number of hydrogen-bond donors (Lipinski definition) is 0. The topological polar surface area (TPSA) is 90.9 Å². The van der Waals surface area contributed by atoms with Crippen LogP contribution in [0.25, 0.3) is 16.3 Å². The number of esters is 1. The Morgan fingerprint density at radius 3 is 2.25 bits per heavy atom. The molecule has 1 fully saturated rings. The highest BCUT2D eigenvalue weighted by Crippen LogP contribution is 2.63. The van der Waals surface area contributed by atoms with E-state index in [4.69, 9.17) is 4.74 Å². The lowest BCUT2D eigenvalue weighted by atomic mass is 9.82. The molecular formula is C27H20N2O3. The summed E-state index contributed by atoms with van der Waals surface area (Å²) in [5.74, 6) is -1.49. The van der Waals surface area contributed by atoms with Crippen LogP contribution >= 0.6 is 0 Å². The number of allylic oxidation sites excluding steroid dienone is 1. The van der Waals surface area contributed by atoms with Gasteiger partial charge in [-0.3, -0.25) is 9.59 Å². The lowest BCUT2D eigenvalue weighted by Gasteiger charge is -2.21. The van der Waals surface area contributed by atoms with Crippen LogP contribution in [0.5, 0.6) is 0 Å². The highest BCUT2D eigenvalue weighted by Gasteiger charge is 2.67. The molecule has 0 spiro atoms. The van der Waals surface area contributed by atoms with Gasteiger partial charge in [0.25, 0.3) is 0 Å². The monoisotopic (exact) mass is 420 g/mol. The van der Waals surface area contributed by atoms with Crippen LogP contribution in [0.4, 0.5) is 0 Å². The molecule has 0 amide bonds. The summed E-state index contributed by atoms with van der Waals surface area (Å²) < 4.78 is 5.37. The number of rotatable bonds is 6. The molecule has 32 heavy (non-hydrogen) atoms. The molecule has 0 bridgehead atoms. The Morgan fingerprint density at radius 1 is 0.938 bits per heavy atom. The minimum absolute atomic E-state index is 0.131. The van der Waals surface area contributed by atoms with Crippen molar-refractivity contribution in [3.63, 3.8) is 0 Å². The molecule has 0 aromatic heterocycles. The highest BCUT2D eigenvalue weighted by atomic mass is 16.5. The predicted octanol–water partition coefficient (Wildman–Crippen LogP) is 5.09. The van der Waals surface area contributed by atoms with Gasteiger partial charge in [-0.15, -0.1) is 0 Å². The lowest BCUT2D eigenvalue weighted by molar-refractivity contribution is -0.147. The van der Waals surface area contributed by atoms with Crippen molar-refractivity contribution in [3.05, 3.63) is 89.5 Å². The average molecular weight is 420 g/mol. The number of fused-ring (bicyclic) bond motifs is 1. The standard InChI is InChI=1S/C27H20N2O3/c1-2-32-26(31)27(15-23(27)25(30)19-9-4-3-5-10-19)24(22(16-28)17-29)21-13-12-18-8-6-7-11-20(18)14-21/h3-14,23H,2,15H2,1H3/t23-,27+/m0/s1. The number of nitrogens with zero attached hydrogens (tertiary/aromatic N) is 2. The molecule has 0 N–H and O–H groups in total. The summed E-state index contributed by atoms with van der Waals surface area (Å²) in [6.45, 7) is 1.82. The molecule has 2 atom stereocenters. The zero-order valence-corrected chi connectivity index (χ0v) is 17.5. The van der Waals surface area contributed by atoms with Gasteiger partial charge in [0.1, 0.15) is 23.1 Å². The zero-order valence-electron chi connectivity index (χ0n) is 17.5. The summed E-state index contributed by atoms with van der Waals surface area (Å²) in [5, 5.41) is 21.4. The summed E-state index contributed by atoms with van der Waals surface area (Å²) in [6.07, 6.45) is 0.189. The molecule has 0 heterocycles. The number of ketones is 1. The minimum Gasteiger partial charge on any atom is -0.465 e. The van der Waals surface area contributed by atoms with E-state index in [1.54, 1.807) is 37.3 Å². The highest BCUT2D eigenvalue weighted by molar-refractivity contribution is 6.11. The van der Waals surface area contributed by atoms with Crippen molar-refractivity contribution in [2.45, 2.75) is 13.3 Å². The van der Waals surface area contributed by atoms with Gasteiger partial charge in [-0.1, -0.05) is 66.7 Å². The van der Waals surface area contributed by atoms with Crippen LogP contribution in [0, 0.1) is 34.0 Å². The SMILES string of the molecule is CCOC(=O)[C@]1(C(=C(C#N)C#N)c2ccc3ccccc3c2)C[C@H]1C(=O)c1ccccc1. The number of Topliss-reactive ketones (excluding diaryl/α,β-unsaturated/α-hetero) is 1. The Morgan fingerprint density at radius 2 is 1.59 bits per heavy atom. The number of benzene rings is 3. The fourth-order valence-electron chi connectivity index (χ4n) is 4.35. The summed E-state index contributed by atoms with van der Waals surface area (Å²) in [6, 6.07) is 25.8. The molecule has 0 saturated heterocycles. The van der Waals surface area contributed by atoms with Gasteiger partial charge in [-0.05, 0) is 35.7 Å². The molecule has 5 nitrogen and oxygen atoms in total. The average Bonchev–Trinajstić information content (AvgIpc) is 3.58. The van der Waals surface area contributed by atoms with E-state index in [1.165, 1.54) is 0 Å². The Labute approximate surface area is 186 Å². The first kappa shape index (κ1) is 21.0. The first-order valence-electron chi connectivity index (χ1n) is 10.4. The molecule has 1 aliphatic carbocycles. The van der Waals surface area contributed by atoms with Crippen molar-refractivity contribution in [2.75, 3.05) is 6.61 Å². The Hall–Kier alpha value is -4.22. The maximum Gasteiger partial charge on any atom is 0.317 e. The predicted molar refractivity (Wildman–Crippen MR) is 120 cm³/mol. The maximum atomic E-state index is 13.3. The van der Waals surface area contributed by atoms with E-state index in [0.717, 1.165) is 10.8 Å². The van der Waals surface area contributed by atoms with Crippen molar-refractivity contribution in [1.82, 2.24) is 0 Å². The van der Waals surface area contributed by atoms with Crippen LogP contribution in [0.2, 0.25) is 0 Å². The van der Waals surface area contributed by atoms with Gasteiger partial charge in [0, 0.05) is 17.1 Å². The van der Waals surface area contributed by atoms with Gasteiger partial charge < -0.3 is 4.74 Å². The summed E-state index contributed by atoms with van der Waals surface area (Å²) in [5.41, 5.74) is -0.237. The number of hydrogen-bond acceptors (Lipinski definition) is 5. The van der Waals surface area contributed by atoms with Gasteiger partial charge in [0.15, 0.2) is 5.78 Å². The molecule has 1 saturated carbocycles. The van der Waals surface area contributed by atoms with Gasteiger partial charge in [-0.2, -0.15) is 10.5 Å². The van der Waals surface area contributed by atoms with Crippen molar-refractivity contribution >= 4 is 28.1 Å². The molecule has 0 radical (unpaired) electrons. The van der Waals surface area contributed by atoms with Crippen LogP contribution < -0.4 is 0 Å². The molecule has 5 heteroatoms. The largest absolute Gasteiger partial charge is 0.465 e. The maximum absolute atomic E-state index is 13.3. The first-order valence-corrected chi connectivity index (χ1v) is 10.4. The van der Waals surface area contributed by atoms with E-state index in [-0.39, 0.29) is 30.0 Å². The second-order valence-corrected chi connectivity index (χ2v) is 7.71. The van der Waals surface area contributed by atoms with Crippen LogP contribution in [0.1, 0.15) is 29.3 Å². The van der Waals surface area contributed by atoms with Gasteiger partial charge in [-0.25, -0.2) is 0 Å². The van der Waals surface area contributed by atoms with Crippen molar-refractivity contribution in [2.24, 2.45) is 11.3 Å². The fraction of sp³-hybridized carbons (Fsp3) is 0.185. The van der Waals surface area contributed by atoms with Crippen LogP contribution in [0.3, 0.4) is 0 Å². The second kappa shape index (κ2) is 8.49. The third kappa shape index (κ3) is 3.45. The molecule has 0 unspecified atom stereocenters. The molecule has 156 valence electrons. The summed E-state index contributed by atoms with van der Waals surface area (Å²) in [4.78, 5) is 26.5. The Kier molecular flexibility index (Phi) is 5.58. The summed E-state index contributed by atoms with van der Waals surface area (Å²) >= 11 is 0. The first-order chi connectivity index (χ1) is 15.6. The molecule has 0 aliphatic heterocycles. The number of ether oxygens (including phenoxy) is 1. The van der Waals surface area contributed by atoms with Crippen LogP contribution in [-0.2, 0) is 9.53 Å². The van der Waals surface area contributed by atoms with E-state index < -0.39 is 17.3 Å². The van der Waals surface area contributed by atoms with E-state index in [1.807, 2.05) is 54.6 Å². The van der Waals surface area contributed by atoms with Gasteiger partial charge in [0.05, 0.1) is 6.61 Å². The Balaban J connectivity index is 1.91. The van der Waals surface area contributed by atoms with Crippen LogP contribution in [-0.4, -0.2) is 18.4 Å². The fourth-order valence-corrected chi connectivity index (χ4v) is 4.35. The van der Waals surface area contributed by atoms with Crippen molar-refractivity contribution in [1.29, 1.82) is 10.5 Å². The number of nitriles is 2. The van der Waals surface area contributed by atoms with Crippen molar-refractivity contribution < 1.29 is 14.3 Å². The number of carbonyl (C=O) groups excluding carboxylic acids is 2. The van der Waals surface area contributed by atoms with Crippen molar-refractivity contribution in [3.8, 4) is 12.1 Å². The zero-order chi connectivity index (χ0) is 22.7. The molecule has 4 rings (SSSR count). The Bertz CT molecular complexity index is 1310. The van der Waals surface area contributed by atoms with E-state index in [2.05, 4.69) is 0 Å². The van der Waals surface area contributed by atoms with Gasteiger partial charge >= 0.3 is 5.97 Å². The second-order valence-electron chi connectivity index (χ2n) is 7.71. The third-order valence-electron chi connectivity index (χ3n) is 5.93. The van der Waals surface area contributed by atoms with E-state index in [0.29, 0.717) is 11.1 Å². The minimum atomic E-state index is -1.37. The lowest BCUT2D eigenvalue weighted by Crippen LogP contribution is -2.26. The molecule has 1 aliphatic rings.